The van der Waals surface area contributed by atoms with Crippen LogP contribution in [0.25, 0.3) is 0 Å². The van der Waals surface area contributed by atoms with Crippen molar-refractivity contribution in [1.82, 2.24) is 10.2 Å². The summed E-state index contributed by atoms with van der Waals surface area (Å²) in [6.45, 7) is 8.22. The highest BCUT2D eigenvalue weighted by Gasteiger charge is 2.26. The smallest absolute Gasteiger partial charge is 0.0587 e. The second-order valence-electron chi connectivity index (χ2n) is 6.00. The summed E-state index contributed by atoms with van der Waals surface area (Å²) >= 11 is 0. The molecule has 1 aromatic carbocycles. The molecular weight excluding hydrogens is 248 g/mol. The largest absolute Gasteiger partial charge is 0.395 e. The average Bonchev–Trinajstić information content (AvgIpc) is 2.49. The van der Waals surface area contributed by atoms with Gasteiger partial charge in [0.15, 0.2) is 0 Å². The Morgan fingerprint density at radius 1 is 1.35 bits per heavy atom. The second-order valence-corrected chi connectivity index (χ2v) is 6.00. The normalized spacial score (nSPS) is 25.6. The first-order chi connectivity index (χ1) is 9.72. The first-order valence-corrected chi connectivity index (χ1v) is 7.86. The SMILES string of the molecule is CCN1CC[C@@H](N[C@@H](CO)Cc2ccccc2)[C@H](C)C1. The van der Waals surface area contributed by atoms with E-state index < -0.39 is 0 Å². The van der Waals surface area contributed by atoms with Gasteiger partial charge >= 0.3 is 0 Å². The van der Waals surface area contributed by atoms with Crippen LogP contribution in [0.1, 0.15) is 25.8 Å². The number of hydrogen-bond acceptors (Lipinski definition) is 3. The summed E-state index contributed by atoms with van der Waals surface area (Å²) < 4.78 is 0. The van der Waals surface area contributed by atoms with Crippen LogP contribution in [0.2, 0.25) is 0 Å². The number of nitrogens with zero attached hydrogens (tertiary/aromatic N) is 1. The molecule has 0 amide bonds. The average molecular weight is 276 g/mol. The van der Waals surface area contributed by atoms with Gasteiger partial charge in [-0.2, -0.15) is 0 Å². The molecular formula is C17H28N2O. The van der Waals surface area contributed by atoms with E-state index in [4.69, 9.17) is 0 Å². The van der Waals surface area contributed by atoms with Gasteiger partial charge in [0.05, 0.1) is 6.61 Å². The van der Waals surface area contributed by atoms with Gasteiger partial charge in [-0.15, -0.1) is 0 Å². The van der Waals surface area contributed by atoms with Crippen LogP contribution in [0.5, 0.6) is 0 Å². The standard InChI is InChI=1S/C17H28N2O/c1-3-19-10-9-17(14(2)12-19)18-16(13-20)11-15-7-5-4-6-8-15/h4-8,14,16-18,20H,3,9-13H2,1-2H3/t14-,16-,17-/m1/s1. The van der Waals surface area contributed by atoms with E-state index in [1.54, 1.807) is 0 Å². The Balaban J connectivity index is 1.87. The van der Waals surface area contributed by atoms with E-state index in [-0.39, 0.29) is 12.6 Å². The van der Waals surface area contributed by atoms with Gasteiger partial charge in [-0.05, 0) is 37.4 Å². The van der Waals surface area contributed by atoms with E-state index in [0.29, 0.717) is 12.0 Å². The van der Waals surface area contributed by atoms with Gasteiger partial charge in [0.1, 0.15) is 0 Å². The lowest BCUT2D eigenvalue weighted by Gasteiger charge is -2.38. The van der Waals surface area contributed by atoms with Gasteiger partial charge in [0, 0.05) is 18.6 Å². The van der Waals surface area contributed by atoms with Crippen molar-refractivity contribution in [2.24, 2.45) is 5.92 Å². The predicted molar refractivity (Wildman–Crippen MR) is 83.8 cm³/mol. The zero-order valence-electron chi connectivity index (χ0n) is 12.8. The fraction of sp³-hybridized carbons (Fsp3) is 0.647. The van der Waals surface area contributed by atoms with Crippen molar-refractivity contribution in [2.75, 3.05) is 26.2 Å². The number of benzene rings is 1. The van der Waals surface area contributed by atoms with Crippen LogP contribution < -0.4 is 5.32 Å². The van der Waals surface area contributed by atoms with Crippen LogP contribution in [0.3, 0.4) is 0 Å². The van der Waals surface area contributed by atoms with Gasteiger partial charge in [0.2, 0.25) is 0 Å². The monoisotopic (exact) mass is 276 g/mol. The summed E-state index contributed by atoms with van der Waals surface area (Å²) in [6.07, 6.45) is 2.08. The molecule has 1 aliphatic heterocycles. The predicted octanol–water partition coefficient (Wildman–Crippen LogP) is 1.91. The maximum atomic E-state index is 9.63. The maximum Gasteiger partial charge on any atom is 0.0587 e. The molecule has 1 heterocycles. The van der Waals surface area contributed by atoms with Crippen molar-refractivity contribution in [3.05, 3.63) is 35.9 Å². The van der Waals surface area contributed by atoms with Gasteiger partial charge in [0.25, 0.3) is 0 Å². The summed E-state index contributed by atoms with van der Waals surface area (Å²) in [5.41, 5.74) is 1.29. The molecule has 2 rings (SSSR count). The molecule has 0 saturated carbocycles. The first kappa shape index (κ1) is 15.5. The van der Waals surface area contributed by atoms with Crippen molar-refractivity contribution >= 4 is 0 Å². The molecule has 0 aliphatic carbocycles. The zero-order valence-corrected chi connectivity index (χ0v) is 12.8. The molecule has 0 radical (unpaired) electrons. The minimum absolute atomic E-state index is 0.165. The van der Waals surface area contributed by atoms with Crippen LogP contribution >= 0.6 is 0 Å². The minimum atomic E-state index is 0.165. The van der Waals surface area contributed by atoms with Crippen LogP contribution in [0.4, 0.5) is 0 Å². The van der Waals surface area contributed by atoms with Crippen molar-refractivity contribution in [1.29, 1.82) is 0 Å². The van der Waals surface area contributed by atoms with E-state index >= 15 is 0 Å². The number of hydrogen-bond donors (Lipinski definition) is 2. The number of piperidine rings is 1. The topological polar surface area (TPSA) is 35.5 Å². The Labute approximate surface area is 123 Å². The molecule has 3 heteroatoms. The Bertz CT molecular complexity index is 382. The second kappa shape index (κ2) is 7.77. The van der Waals surface area contributed by atoms with Crippen LogP contribution in [-0.2, 0) is 6.42 Å². The number of aliphatic hydroxyl groups excluding tert-OH is 1. The molecule has 112 valence electrons. The molecule has 2 N–H and O–H groups in total. The van der Waals surface area contributed by atoms with Crippen molar-refractivity contribution in [2.45, 2.75) is 38.8 Å². The summed E-state index contributed by atoms with van der Waals surface area (Å²) in [5, 5.41) is 13.3. The molecule has 1 fully saturated rings. The van der Waals surface area contributed by atoms with E-state index in [1.807, 2.05) is 6.07 Å². The number of aliphatic hydroxyl groups is 1. The molecule has 3 atom stereocenters. The lowest BCUT2D eigenvalue weighted by Crippen LogP contribution is -2.52. The molecule has 0 spiro atoms. The highest BCUT2D eigenvalue weighted by atomic mass is 16.3. The molecule has 0 aromatic heterocycles. The van der Waals surface area contributed by atoms with Crippen LogP contribution in [-0.4, -0.2) is 48.3 Å². The van der Waals surface area contributed by atoms with Gasteiger partial charge in [-0.1, -0.05) is 44.2 Å². The molecule has 1 saturated heterocycles. The summed E-state index contributed by atoms with van der Waals surface area (Å²) in [5.74, 6) is 0.647. The highest BCUT2D eigenvalue weighted by molar-refractivity contribution is 5.16. The van der Waals surface area contributed by atoms with E-state index in [0.717, 1.165) is 19.5 Å². The van der Waals surface area contributed by atoms with Gasteiger partial charge in [-0.3, -0.25) is 0 Å². The van der Waals surface area contributed by atoms with E-state index in [1.165, 1.54) is 18.5 Å². The molecule has 1 aliphatic rings. The van der Waals surface area contributed by atoms with Crippen molar-refractivity contribution < 1.29 is 5.11 Å². The minimum Gasteiger partial charge on any atom is -0.395 e. The summed E-state index contributed by atoms with van der Waals surface area (Å²) in [7, 11) is 0. The quantitative estimate of drug-likeness (QED) is 0.833. The number of rotatable bonds is 6. The highest BCUT2D eigenvalue weighted by Crippen LogP contribution is 2.17. The zero-order chi connectivity index (χ0) is 14.4. The molecule has 1 aromatic rings. The Morgan fingerprint density at radius 3 is 2.70 bits per heavy atom. The number of likely N-dealkylation sites (tertiary alicyclic amines) is 1. The van der Waals surface area contributed by atoms with Crippen LogP contribution in [0.15, 0.2) is 30.3 Å². The van der Waals surface area contributed by atoms with Crippen molar-refractivity contribution in [3.8, 4) is 0 Å². The lowest BCUT2D eigenvalue weighted by atomic mass is 9.92. The fourth-order valence-corrected chi connectivity index (χ4v) is 3.14. The van der Waals surface area contributed by atoms with Gasteiger partial charge < -0.3 is 15.3 Å². The molecule has 0 unspecified atom stereocenters. The van der Waals surface area contributed by atoms with Crippen molar-refractivity contribution in [3.63, 3.8) is 0 Å². The van der Waals surface area contributed by atoms with E-state index in [2.05, 4.69) is 48.3 Å². The van der Waals surface area contributed by atoms with E-state index in [9.17, 15) is 5.11 Å². The Hall–Kier alpha value is -0.900. The maximum absolute atomic E-state index is 9.63. The summed E-state index contributed by atoms with van der Waals surface area (Å²) in [4.78, 5) is 2.51. The third-order valence-corrected chi connectivity index (χ3v) is 4.43. The van der Waals surface area contributed by atoms with Gasteiger partial charge in [-0.25, -0.2) is 0 Å². The Morgan fingerprint density at radius 2 is 2.10 bits per heavy atom. The lowest BCUT2D eigenvalue weighted by molar-refractivity contribution is 0.133. The first-order valence-electron chi connectivity index (χ1n) is 7.86. The number of nitrogens with one attached hydrogen (secondary N) is 1. The third-order valence-electron chi connectivity index (χ3n) is 4.43. The summed E-state index contributed by atoms with van der Waals surface area (Å²) in [6, 6.07) is 11.1. The van der Waals surface area contributed by atoms with Crippen LogP contribution in [0, 0.1) is 5.92 Å². The third kappa shape index (κ3) is 4.30. The molecule has 0 bridgehead atoms. The molecule has 3 nitrogen and oxygen atoms in total. The fourth-order valence-electron chi connectivity index (χ4n) is 3.14. The molecule has 20 heavy (non-hydrogen) atoms. The Kier molecular flexibility index (Phi) is 6.02.